The molecule has 1 amide bonds. The SMILES string of the molecule is Cc1ccc(NC(=O)CSC(=Nc2ccccc2)N(C)C2CCCCC2)cc1F. The molecule has 154 valence electrons. The van der Waals surface area contributed by atoms with Gasteiger partial charge in [0.1, 0.15) is 5.82 Å². The number of amidine groups is 1. The molecule has 0 unspecified atom stereocenters. The summed E-state index contributed by atoms with van der Waals surface area (Å²) in [5.41, 5.74) is 1.91. The summed E-state index contributed by atoms with van der Waals surface area (Å²) in [6, 6.07) is 15.0. The van der Waals surface area contributed by atoms with Crippen LogP contribution in [0.4, 0.5) is 15.8 Å². The lowest BCUT2D eigenvalue weighted by atomic mass is 9.95. The van der Waals surface area contributed by atoms with Gasteiger partial charge < -0.3 is 10.2 Å². The molecule has 0 heterocycles. The minimum absolute atomic E-state index is 0.170. The number of para-hydroxylation sites is 1. The second kappa shape index (κ2) is 10.4. The maximum atomic E-state index is 13.7. The average Bonchev–Trinajstić information content (AvgIpc) is 2.74. The zero-order valence-corrected chi connectivity index (χ0v) is 17.8. The minimum Gasteiger partial charge on any atom is -0.351 e. The van der Waals surface area contributed by atoms with Crippen molar-refractivity contribution in [2.75, 3.05) is 18.1 Å². The van der Waals surface area contributed by atoms with Crippen molar-refractivity contribution in [3.8, 4) is 0 Å². The van der Waals surface area contributed by atoms with Crippen molar-refractivity contribution in [1.82, 2.24) is 4.90 Å². The van der Waals surface area contributed by atoms with E-state index in [0.29, 0.717) is 17.3 Å². The molecule has 0 aromatic heterocycles. The monoisotopic (exact) mass is 413 g/mol. The van der Waals surface area contributed by atoms with Crippen LogP contribution in [-0.4, -0.2) is 34.8 Å². The molecule has 1 aliphatic rings. The number of hydrogen-bond acceptors (Lipinski definition) is 3. The van der Waals surface area contributed by atoms with E-state index in [2.05, 4.69) is 17.3 Å². The van der Waals surface area contributed by atoms with E-state index in [-0.39, 0.29) is 17.5 Å². The van der Waals surface area contributed by atoms with E-state index in [0.717, 1.165) is 23.7 Å². The van der Waals surface area contributed by atoms with Gasteiger partial charge in [-0.15, -0.1) is 0 Å². The van der Waals surface area contributed by atoms with Crippen LogP contribution in [-0.2, 0) is 4.79 Å². The number of carbonyl (C=O) groups excluding carboxylic acids is 1. The van der Waals surface area contributed by atoms with Crippen LogP contribution in [0.3, 0.4) is 0 Å². The topological polar surface area (TPSA) is 44.7 Å². The van der Waals surface area contributed by atoms with E-state index in [1.165, 1.54) is 37.1 Å². The fourth-order valence-corrected chi connectivity index (χ4v) is 4.30. The fourth-order valence-electron chi connectivity index (χ4n) is 3.45. The number of aliphatic imine (C=N–C) groups is 1. The molecule has 6 heteroatoms. The molecular formula is C23H28FN3OS. The van der Waals surface area contributed by atoms with Gasteiger partial charge in [0, 0.05) is 18.8 Å². The predicted octanol–water partition coefficient (Wildman–Crippen LogP) is 5.76. The lowest BCUT2D eigenvalue weighted by Crippen LogP contribution is -2.37. The zero-order valence-electron chi connectivity index (χ0n) is 17.0. The summed E-state index contributed by atoms with van der Waals surface area (Å²) in [5, 5.41) is 3.62. The second-order valence-corrected chi connectivity index (χ2v) is 8.38. The average molecular weight is 414 g/mol. The first kappa shape index (κ1) is 21.4. The molecule has 1 aliphatic carbocycles. The molecule has 0 spiro atoms. The van der Waals surface area contributed by atoms with Gasteiger partial charge in [0.15, 0.2) is 5.17 Å². The number of thioether (sulfide) groups is 1. The van der Waals surface area contributed by atoms with Crippen LogP contribution in [0.2, 0.25) is 0 Å². The number of halogens is 1. The lowest BCUT2D eigenvalue weighted by Gasteiger charge is -2.33. The molecular weight excluding hydrogens is 385 g/mol. The van der Waals surface area contributed by atoms with E-state index >= 15 is 0 Å². The number of nitrogens with one attached hydrogen (secondary N) is 1. The standard InChI is InChI=1S/C23H28FN3OS/c1-17-13-14-19(15-21(17)24)25-22(28)16-29-23(26-18-9-5-3-6-10-18)27(2)20-11-7-4-8-12-20/h3,5-6,9-10,13-15,20H,4,7-8,11-12,16H2,1-2H3,(H,25,28). The highest BCUT2D eigenvalue weighted by atomic mass is 32.2. The van der Waals surface area contributed by atoms with E-state index in [4.69, 9.17) is 4.99 Å². The summed E-state index contributed by atoms with van der Waals surface area (Å²) in [6.07, 6.45) is 6.06. The van der Waals surface area contributed by atoms with Gasteiger partial charge in [-0.05, 0) is 49.6 Å². The van der Waals surface area contributed by atoms with E-state index in [9.17, 15) is 9.18 Å². The van der Waals surface area contributed by atoms with Crippen molar-refractivity contribution < 1.29 is 9.18 Å². The highest BCUT2D eigenvalue weighted by Gasteiger charge is 2.22. The Morgan fingerprint density at radius 2 is 1.90 bits per heavy atom. The molecule has 29 heavy (non-hydrogen) atoms. The summed E-state index contributed by atoms with van der Waals surface area (Å²) < 4.78 is 13.7. The maximum Gasteiger partial charge on any atom is 0.234 e. The van der Waals surface area contributed by atoms with Gasteiger partial charge in [0.05, 0.1) is 11.4 Å². The van der Waals surface area contributed by atoms with Crippen molar-refractivity contribution in [3.05, 3.63) is 59.9 Å². The number of rotatable bonds is 5. The van der Waals surface area contributed by atoms with Crippen LogP contribution in [0, 0.1) is 12.7 Å². The molecule has 0 bridgehead atoms. The minimum atomic E-state index is -0.321. The molecule has 4 nitrogen and oxygen atoms in total. The molecule has 1 fully saturated rings. The Balaban J connectivity index is 1.68. The largest absolute Gasteiger partial charge is 0.351 e. The Hall–Kier alpha value is -2.34. The van der Waals surface area contributed by atoms with Gasteiger partial charge in [-0.2, -0.15) is 0 Å². The molecule has 0 atom stereocenters. The van der Waals surface area contributed by atoms with Crippen LogP contribution in [0.5, 0.6) is 0 Å². The van der Waals surface area contributed by atoms with Crippen molar-refractivity contribution in [2.45, 2.75) is 45.1 Å². The van der Waals surface area contributed by atoms with Crippen LogP contribution >= 0.6 is 11.8 Å². The quantitative estimate of drug-likeness (QED) is 0.501. The fraction of sp³-hybridized carbons (Fsp3) is 0.391. The normalized spacial score (nSPS) is 15.2. The molecule has 1 saturated carbocycles. The van der Waals surface area contributed by atoms with Crippen LogP contribution in [0.25, 0.3) is 0 Å². The Bertz CT molecular complexity index is 850. The number of hydrogen-bond donors (Lipinski definition) is 1. The van der Waals surface area contributed by atoms with Crippen LogP contribution < -0.4 is 5.32 Å². The molecule has 2 aromatic rings. The number of nitrogens with zero attached hydrogens (tertiary/aromatic N) is 2. The Kier molecular flexibility index (Phi) is 7.69. The highest BCUT2D eigenvalue weighted by molar-refractivity contribution is 8.14. The first-order valence-corrected chi connectivity index (χ1v) is 11.1. The Morgan fingerprint density at radius 3 is 2.59 bits per heavy atom. The molecule has 2 aromatic carbocycles. The van der Waals surface area contributed by atoms with Gasteiger partial charge >= 0.3 is 0 Å². The third kappa shape index (κ3) is 6.32. The van der Waals surface area contributed by atoms with Crippen LogP contribution in [0.15, 0.2) is 53.5 Å². The van der Waals surface area contributed by atoms with Gasteiger partial charge in [0.2, 0.25) is 5.91 Å². The third-order valence-electron chi connectivity index (χ3n) is 5.19. The summed E-state index contributed by atoms with van der Waals surface area (Å²) in [6.45, 7) is 1.70. The first-order valence-electron chi connectivity index (χ1n) is 10.1. The molecule has 3 rings (SSSR count). The van der Waals surface area contributed by atoms with Crippen molar-refractivity contribution in [1.29, 1.82) is 0 Å². The van der Waals surface area contributed by atoms with Crippen molar-refractivity contribution in [3.63, 3.8) is 0 Å². The Morgan fingerprint density at radius 1 is 1.17 bits per heavy atom. The van der Waals surface area contributed by atoms with Gasteiger partial charge in [-0.3, -0.25) is 4.79 Å². The number of carbonyl (C=O) groups is 1. The molecule has 1 N–H and O–H groups in total. The number of aryl methyl sites for hydroxylation is 1. The highest BCUT2D eigenvalue weighted by Crippen LogP contribution is 2.26. The van der Waals surface area contributed by atoms with E-state index in [1.54, 1.807) is 19.1 Å². The lowest BCUT2D eigenvalue weighted by molar-refractivity contribution is -0.113. The van der Waals surface area contributed by atoms with E-state index in [1.807, 2.05) is 30.3 Å². The first-order chi connectivity index (χ1) is 14.0. The predicted molar refractivity (Wildman–Crippen MR) is 120 cm³/mol. The van der Waals surface area contributed by atoms with Crippen LogP contribution in [0.1, 0.15) is 37.7 Å². The summed E-state index contributed by atoms with van der Waals surface area (Å²) in [5.74, 6) is -0.270. The number of anilines is 1. The third-order valence-corrected chi connectivity index (χ3v) is 6.24. The smallest absolute Gasteiger partial charge is 0.234 e. The van der Waals surface area contributed by atoms with E-state index < -0.39 is 0 Å². The summed E-state index contributed by atoms with van der Waals surface area (Å²) in [4.78, 5) is 19.5. The second-order valence-electron chi connectivity index (χ2n) is 7.43. The van der Waals surface area contributed by atoms with Gasteiger partial charge in [-0.25, -0.2) is 9.38 Å². The van der Waals surface area contributed by atoms with Crippen molar-refractivity contribution >= 4 is 34.2 Å². The molecule has 0 radical (unpaired) electrons. The molecule has 0 saturated heterocycles. The zero-order chi connectivity index (χ0) is 20.6. The van der Waals surface area contributed by atoms with Gasteiger partial charge in [0.25, 0.3) is 0 Å². The summed E-state index contributed by atoms with van der Waals surface area (Å²) >= 11 is 1.42. The number of amides is 1. The van der Waals surface area contributed by atoms with Crippen molar-refractivity contribution in [2.24, 2.45) is 4.99 Å². The summed E-state index contributed by atoms with van der Waals surface area (Å²) in [7, 11) is 2.07. The van der Waals surface area contributed by atoms with Gasteiger partial charge in [-0.1, -0.05) is 55.3 Å². The Labute approximate surface area is 176 Å². The number of benzene rings is 2. The molecule has 0 aliphatic heterocycles. The maximum absolute atomic E-state index is 13.7.